The lowest BCUT2D eigenvalue weighted by Gasteiger charge is -2.19. The summed E-state index contributed by atoms with van der Waals surface area (Å²) in [5, 5.41) is 0. The van der Waals surface area contributed by atoms with Crippen molar-refractivity contribution in [1.82, 2.24) is 0 Å². The summed E-state index contributed by atoms with van der Waals surface area (Å²) in [5.41, 5.74) is 0.0591. The van der Waals surface area contributed by atoms with Gasteiger partial charge in [-0.15, -0.1) is 0 Å². The van der Waals surface area contributed by atoms with Gasteiger partial charge in [-0.25, -0.2) is 0 Å². The molecule has 0 heterocycles. The second-order valence-electron chi connectivity index (χ2n) is 4.55. The maximum atomic E-state index is 5.61. The van der Waals surface area contributed by atoms with E-state index in [4.69, 9.17) is 4.74 Å². The van der Waals surface area contributed by atoms with Crippen LogP contribution in [0, 0.1) is 5.92 Å². The molecule has 0 radical (unpaired) electrons. The Labute approximate surface area is 70.1 Å². The molecular formula is C10H20O. The molecule has 0 N–H and O–H groups in total. The normalized spacial score (nSPS) is 18.8. The van der Waals surface area contributed by atoms with Gasteiger partial charge in [-0.05, 0) is 39.5 Å². The van der Waals surface area contributed by atoms with Crippen molar-refractivity contribution >= 4 is 0 Å². The minimum atomic E-state index is 0.0591. The van der Waals surface area contributed by atoms with E-state index in [9.17, 15) is 0 Å². The van der Waals surface area contributed by atoms with E-state index in [2.05, 4.69) is 20.8 Å². The van der Waals surface area contributed by atoms with Crippen molar-refractivity contribution in [1.29, 1.82) is 0 Å². The zero-order chi connectivity index (χ0) is 8.32. The lowest BCUT2D eigenvalue weighted by atomic mass is 10.2. The predicted octanol–water partition coefficient (Wildman–Crippen LogP) is 2.99. The summed E-state index contributed by atoms with van der Waals surface area (Å²) < 4.78 is 5.61. The van der Waals surface area contributed by atoms with Crippen molar-refractivity contribution in [2.75, 3.05) is 6.61 Å². The Morgan fingerprint density at radius 1 is 1.27 bits per heavy atom. The minimum absolute atomic E-state index is 0.0591. The summed E-state index contributed by atoms with van der Waals surface area (Å²) in [5.74, 6) is 1.05. The summed E-state index contributed by atoms with van der Waals surface area (Å²) in [6.07, 6.45) is 5.57. The van der Waals surface area contributed by atoms with Gasteiger partial charge in [0, 0.05) is 6.61 Å². The van der Waals surface area contributed by atoms with E-state index in [1.807, 2.05) is 0 Å². The van der Waals surface area contributed by atoms with Crippen molar-refractivity contribution in [3.8, 4) is 0 Å². The van der Waals surface area contributed by atoms with E-state index in [0.29, 0.717) is 0 Å². The van der Waals surface area contributed by atoms with Gasteiger partial charge in [-0.2, -0.15) is 0 Å². The molecule has 0 aromatic heterocycles. The fourth-order valence-electron chi connectivity index (χ4n) is 1.16. The van der Waals surface area contributed by atoms with Crippen LogP contribution in [0.1, 0.15) is 46.5 Å². The first-order valence-corrected chi connectivity index (χ1v) is 4.72. The quantitative estimate of drug-likeness (QED) is 0.568. The highest BCUT2D eigenvalue weighted by molar-refractivity contribution is 4.72. The van der Waals surface area contributed by atoms with Crippen LogP contribution in [-0.4, -0.2) is 12.2 Å². The lowest BCUT2D eigenvalue weighted by Crippen LogP contribution is -2.19. The summed E-state index contributed by atoms with van der Waals surface area (Å²) in [7, 11) is 0. The molecule has 1 rings (SSSR count). The first-order chi connectivity index (χ1) is 5.08. The third-order valence-corrected chi connectivity index (χ3v) is 1.99. The van der Waals surface area contributed by atoms with E-state index in [0.717, 1.165) is 12.5 Å². The molecule has 1 saturated carbocycles. The van der Waals surface area contributed by atoms with Crippen LogP contribution in [0.15, 0.2) is 0 Å². The van der Waals surface area contributed by atoms with Crippen LogP contribution < -0.4 is 0 Å². The van der Waals surface area contributed by atoms with Gasteiger partial charge >= 0.3 is 0 Å². The SMILES string of the molecule is CC(C)(C)OCCCC1CC1. The Morgan fingerprint density at radius 3 is 2.36 bits per heavy atom. The standard InChI is InChI=1S/C10H20O/c1-10(2,3)11-8-4-5-9-6-7-9/h9H,4-8H2,1-3H3. The number of hydrogen-bond acceptors (Lipinski definition) is 1. The molecule has 0 atom stereocenters. The third kappa shape index (κ3) is 5.25. The van der Waals surface area contributed by atoms with Gasteiger partial charge in [-0.3, -0.25) is 0 Å². The smallest absolute Gasteiger partial charge is 0.0598 e. The van der Waals surface area contributed by atoms with Gasteiger partial charge in [0.05, 0.1) is 5.60 Å². The fourth-order valence-corrected chi connectivity index (χ4v) is 1.16. The molecule has 0 aromatic carbocycles. The molecule has 0 spiro atoms. The van der Waals surface area contributed by atoms with E-state index in [1.165, 1.54) is 25.7 Å². The molecule has 1 heteroatoms. The van der Waals surface area contributed by atoms with E-state index < -0.39 is 0 Å². The molecule has 0 aromatic rings. The maximum absolute atomic E-state index is 5.61. The molecule has 0 saturated heterocycles. The molecule has 1 aliphatic rings. The summed E-state index contributed by atoms with van der Waals surface area (Å²) in [6, 6.07) is 0. The highest BCUT2D eigenvalue weighted by Gasteiger charge is 2.20. The first-order valence-electron chi connectivity index (χ1n) is 4.72. The zero-order valence-electron chi connectivity index (χ0n) is 8.02. The van der Waals surface area contributed by atoms with Crippen LogP contribution in [0.4, 0.5) is 0 Å². The maximum Gasteiger partial charge on any atom is 0.0598 e. The van der Waals surface area contributed by atoms with Crippen LogP contribution in [-0.2, 0) is 4.74 Å². The van der Waals surface area contributed by atoms with E-state index >= 15 is 0 Å². The van der Waals surface area contributed by atoms with Gasteiger partial charge in [0.15, 0.2) is 0 Å². The van der Waals surface area contributed by atoms with Crippen LogP contribution >= 0.6 is 0 Å². The molecule has 11 heavy (non-hydrogen) atoms. The molecule has 0 bridgehead atoms. The Hall–Kier alpha value is -0.0400. The Morgan fingerprint density at radius 2 is 1.91 bits per heavy atom. The topological polar surface area (TPSA) is 9.23 Å². The number of hydrogen-bond donors (Lipinski definition) is 0. The average Bonchev–Trinajstić information content (AvgIpc) is 2.60. The van der Waals surface area contributed by atoms with Crippen LogP contribution in [0.25, 0.3) is 0 Å². The Balaban J connectivity index is 1.87. The largest absolute Gasteiger partial charge is 0.376 e. The number of rotatable bonds is 4. The summed E-state index contributed by atoms with van der Waals surface area (Å²) >= 11 is 0. The summed E-state index contributed by atoms with van der Waals surface area (Å²) in [6.45, 7) is 7.29. The monoisotopic (exact) mass is 156 g/mol. The second-order valence-corrected chi connectivity index (χ2v) is 4.55. The minimum Gasteiger partial charge on any atom is -0.376 e. The Kier molecular flexibility index (Phi) is 2.94. The summed E-state index contributed by atoms with van der Waals surface area (Å²) in [4.78, 5) is 0. The van der Waals surface area contributed by atoms with Crippen molar-refractivity contribution in [3.05, 3.63) is 0 Å². The molecule has 1 nitrogen and oxygen atoms in total. The van der Waals surface area contributed by atoms with Crippen molar-refractivity contribution in [2.45, 2.75) is 52.1 Å². The highest BCUT2D eigenvalue weighted by Crippen LogP contribution is 2.33. The van der Waals surface area contributed by atoms with Crippen LogP contribution in [0.5, 0.6) is 0 Å². The van der Waals surface area contributed by atoms with Gasteiger partial charge in [0.2, 0.25) is 0 Å². The van der Waals surface area contributed by atoms with Gasteiger partial charge < -0.3 is 4.74 Å². The fraction of sp³-hybridized carbons (Fsp3) is 1.00. The van der Waals surface area contributed by atoms with Gasteiger partial charge in [0.25, 0.3) is 0 Å². The van der Waals surface area contributed by atoms with Crippen LogP contribution in [0.3, 0.4) is 0 Å². The number of ether oxygens (including phenoxy) is 1. The van der Waals surface area contributed by atoms with Gasteiger partial charge in [-0.1, -0.05) is 12.8 Å². The van der Waals surface area contributed by atoms with E-state index in [1.54, 1.807) is 0 Å². The molecule has 0 aliphatic heterocycles. The highest BCUT2D eigenvalue weighted by atomic mass is 16.5. The van der Waals surface area contributed by atoms with Crippen molar-refractivity contribution < 1.29 is 4.74 Å². The third-order valence-electron chi connectivity index (χ3n) is 1.99. The first kappa shape index (κ1) is 9.05. The lowest BCUT2D eigenvalue weighted by molar-refractivity contribution is -0.00500. The molecular weight excluding hydrogens is 136 g/mol. The van der Waals surface area contributed by atoms with E-state index in [-0.39, 0.29) is 5.60 Å². The molecule has 66 valence electrons. The molecule has 1 fully saturated rings. The average molecular weight is 156 g/mol. The van der Waals surface area contributed by atoms with Crippen molar-refractivity contribution in [3.63, 3.8) is 0 Å². The zero-order valence-corrected chi connectivity index (χ0v) is 8.02. The Bertz CT molecular complexity index is 109. The second kappa shape index (κ2) is 3.57. The van der Waals surface area contributed by atoms with Gasteiger partial charge in [0.1, 0.15) is 0 Å². The van der Waals surface area contributed by atoms with Crippen LogP contribution in [0.2, 0.25) is 0 Å². The molecule has 0 amide bonds. The molecule has 0 unspecified atom stereocenters. The molecule has 1 aliphatic carbocycles. The van der Waals surface area contributed by atoms with Crippen molar-refractivity contribution in [2.24, 2.45) is 5.92 Å². The predicted molar refractivity (Wildman–Crippen MR) is 47.7 cm³/mol.